The summed E-state index contributed by atoms with van der Waals surface area (Å²) in [4.78, 5) is 35.4. The molecule has 2 aromatic carbocycles. The van der Waals surface area contributed by atoms with E-state index < -0.39 is 11.9 Å². The zero-order valence-corrected chi connectivity index (χ0v) is 16.8. The number of ether oxygens (including phenoxy) is 1. The van der Waals surface area contributed by atoms with Gasteiger partial charge in [-0.1, -0.05) is 54.1 Å². The minimum Gasteiger partial charge on any atom is -0.456 e. The van der Waals surface area contributed by atoms with Gasteiger partial charge in [0, 0.05) is 17.6 Å². The SMILES string of the molecule is C[C@@H](NC(=O)COC(=O)CCNC(=O)/C=C/c1ccccc1)c1cccc(Cl)c1. The average molecular weight is 415 g/mol. The second-order valence-corrected chi connectivity index (χ2v) is 6.73. The molecular formula is C22H23ClN2O4. The maximum absolute atomic E-state index is 11.9. The Balaban J connectivity index is 1.63. The van der Waals surface area contributed by atoms with Crippen molar-refractivity contribution in [2.45, 2.75) is 19.4 Å². The van der Waals surface area contributed by atoms with Crippen molar-refractivity contribution in [2.24, 2.45) is 0 Å². The monoisotopic (exact) mass is 414 g/mol. The molecule has 0 unspecified atom stereocenters. The summed E-state index contributed by atoms with van der Waals surface area (Å²) in [5.41, 5.74) is 1.75. The number of hydrogen-bond donors (Lipinski definition) is 2. The summed E-state index contributed by atoms with van der Waals surface area (Å²) in [6, 6.07) is 16.3. The van der Waals surface area contributed by atoms with Crippen molar-refractivity contribution in [1.29, 1.82) is 0 Å². The minimum absolute atomic E-state index is 0.0258. The van der Waals surface area contributed by atoms with E-state index in [-0.39, 0.29) is 31.5 Å². The number of halogens is 1. The van der Waals surface area contributed by atoms with E-state index in [1.54, 1.807) is 24.3 Å². The first-order valence-corrected chi connectivity index (χ1v) is 9.53. The van der Waals surface area contributed by atoms with E-state index in [9.17, 15) is 14.4 Å². The van der Waals surface area contributed by atoms with Crippen LogP contribution in [0.1, 0.15) is 30.5 Å². The van der Waals surface area contributed by atoms with Gasteiger partial charge < -0.3 is 15.4 Å². The van der Waals surface area contributed by atoms with Crippen molar-refractivity contribution in [3.05, 3.63) is 76.8 Å². The average Bonchev–Trinajstić information content (AvgIpc) is 2.71. The first-order chi connectivity index (χ1) is 13.9. The number of carbonyl (C=O) groups is 3. The van der Waals surface area contributed by atoms with E-state index in [2.05, 4.69) is 10.6 Å². The van der Waals surface area contributed by atoms with Gasteiger partial charge >= 0.3 is 5.97 Å². The van der Waals surface area contributed by atoms with E-state index in [4.69, 9.17) is 16.3 Å². The van der Waals surface area contributed by atoms with Crippen LogP contribution in [0.25, 0.3) is 6.08 Å². The normalized spacial score (nSPS) is 11.7. The minimum atomic E-state index is -0.567. The summed E-state index contributed by atoms with van der Waals surface area (Å²) >= 11 is 5.93. The van der Waals surface area contributed by atoms with Crippen LogP contribution in [0.15, 0.2) is 60.7 Å². The van der Waals surface area contributed by atoms with Crippen LogP contribution in [-0.4, -0.2) is 30.9 Å². The summed E-state index contributed by atoms with van der Waals surface area (Å²) in [7, 11) is 0. The fourth-order valence-electron chi connectivity index (χ4n) is 2.44. The quantitative estimate of drug-likeness (QED) is 0.487. The molecule has 0 aliphatic heterocycles. The van der Waals surface area contributed by atoms with Gasteiger partial charge in [0.25, 0.3) is 5.91 Å². The molecule has 0 saturated carbocycles. The third kappa shape index (κ3) is 8.62. The Kier molecular flexibility index (Phi) is 8.92. The molecule has 2 rings (SSSR count). The van der Waals surface area contributed by atoms with Crippen LogP contribution in [0.5, 0.6) is 0 Å². The van der Waals surface area contributed by atoms with Crippen LogP contribution in [0.3, 0.4) is 0 Å². The molecule has 0 fully saturated rings. The van der Waals surface area contributed by atoms with Gasteiger partial charge in [0.2, 0.25) is 5.91 Å². The Labute approximate surface area is 174 Å². The largest absolute Gasteiger partial charge is 0.456 e. The van der Waals surface area contributed by atoms with Crippen molar-refractivity contribution in [1.82, 2.24) is 10.6 Å². The fourth-order valence-corrected chi connectivity index (χ4v) is 2.64. The van der Waals surface area contributed by atoms with Gasteiger partial charge in [-0.3, -0.25) is 14.4 Å². The molecule has 6 nitrogen and oxygen atoms in total. The van der Waals surface area contributed by atoms with E-state index in [1.165, 1.54) is 6.08 Å². The van der Waals surface area contributed by atoms with Gasteiger partial charge in [-0.15, -0.1) is 0 Å². The van der Waals surface area contributed by atoms with Crippen LogP contribution in [0, 0.1) is 0 Å². The summed E-state index contributed by atoms with van der Waals surface area (Å²) in [6.45, 7) is 1.55. The lowest BCUT2D eigenvalue weighted by molar-refractivity contribution is -0.148. The zero-order valence-electron chi connectivity index (χ0n) is 16.1. The molecule has 0 aliphatic carbocycles. The second kappa shape index (κ2) is 11.7. The predicted molar refractivity (Wildman–Crippen MR) is 112 cm³/mol. The van der Waals surface area contributed by atoms with Crippen LogP contribution >= 0.6 is 11.6 Å². The summed E-state index contributed by atoms with van der Waals surface area (Å²) < 4.78 is 4.93. The molecule has 2 N–H and O–H groups in total. The summed E-state index contributed by atoms with van der Waals surface area (Å²) in [5, 5.41) is 5.90. The third-order valence-corrected chi connectivity index (χ3v) is 4.18. The number of rotatable bonds is 9. The van der Waals surface area contributed by atoms with Gasteiger partial charge in [0.05, 0.1) is 12.5 Å². The molecule has 0 spiro atoms. The van der Waals surface area contributed by atoms with Crippen LogP contribution < -0.4 is 10.6 Å². The van der Waals surface area contributed by atoms with Crippen LogP contribution in [-0.2, 0) is 19.1 Å². The molecule has 2 amide bonds. The molecule has 0 radical (unpaired) electrons. The number of carbonyl (C=O) groups excluding carboxylic acids is 3. The van der Waals surface area contributed by atoms with Crippen molar-refractivity contribution < 1.29 is 19.1 Å². The number of esters is 1. The highest BCUT2D eigenvalue weighted by Gasteiger charge is 2.12. The van der Waals surface area contributed by atoms with E-state index >= 15 is 0 Å². The lowest BCUT2D eigenvalue weighted by Gasteiger charge is -2.14. The molecule has 0 aromatic heterocycles. The lowest BCUT2D eigenvalue weighted by atomic mass is 10.1. The Hall–Kier alpha value is -3.12. The molecule has 152 valence electrons. The standard InChI is InChI=1S/C22H23ClN2O4/c1-16(18-8-5-9-19(23)14-18)25-21(27)15-29-22(28)12-13-24-20(26)11-10-17-6-3-2-4-7-17/h2-11,14,16H,12-13,15H2,1H3,(H,24,26)(H,25,27)/b11-10+/t16-/m1/s1. The fraction of sp³-hybridized carbons (Fsp3) is 0.227. The van der Waals surface area contributed by atoms with Crippen molar-refractivity contribution in [2.75, 3.05) is 13.2 Å². The molecule has 0 bridgehead atoms. The zero-order chi connectivity index (χ0) is 21.1. The molecule has 0 heterocycles. The number of amides is 2. The highest BCUT2D eigenvalue weighted by Crippen LogP contribution is 2.17. The lowest BCUT2D eigenvalue weighted by Crippen LogP contribution is -2.31. The molecule has 7 heteroatoms. The van der Waals surface area contributed by atoms with Gasteiger partial charge in [-0.25, -0.2) is 0 Å². The van der Waals surface area contributed by atoms with Crippen molar-refractivity contribution in [3.63, 3.8) is 0 Å². The molecule has 2 aromatic rings. The number of nitrogens with one attached hydrogen (secondary N) is 2. The van der Waals surface area contributed by atoms with Gasteiger partial charge in [-0.2, -0.15) is 0 Å². The molecule has 0 saturated heterocycles. The van der Waals surface area contributed by atoms with Gasteiger partial charge in [-0.05, 0) is 36.3 Å². The first-order valence-electron chi connectivity index (χ1n) is 9.15. The maximum Gasteiger partial charge on any atom is 0.308 e. The Bertz CT molecular complexity index is 868. The molecule has 29 heavy (non-hydrogen) atoms. The highest BCUT2D eigenvalue weighted by molar-refractivity contribution is 6.30. The van der Waals surface area contributed by atoms with E-state index in [0.29, 0.717) is 5.02 Å². The summed E-state index contributed by atoms with van der Waals surface area (Å²) in [6.07, 6.45) is 3.05. The molecule has 1 atom stereocenters. The number of benzene rings is 2. The topological polar surface area (TPSA) is 84.5 Å². The third-order valence-electron chi connectivity index (χ3n) is 3.95. The van der Waals surface area contributed by atoms with Crippen molar-refractivity contribution >= 4 is 35.5 Å². The number of hydrogen-bond acceptors (Lipinski definition) is 4. The molecular weight excluding hydrogens is 392 g/mol. The van der Waals surface area contributed by atoms with E-state index in [0.717, 1.165) is 11.1 Å². The van der Waals surface area contributed by atoms with Gasteiger partial charge in [0.15, 0.2) is 6.61 Å². The van der Waals surface area contributed by atoms with Crippen LogP contribution in [0.4, 0.5) is 0 Å². The highest BCUT2D eigenvalue weighted by atomic mass is 35.5. The predicted octanol–water partition coefficient (Wildman–Crippen LogP) is 3.28. The Morgan fingerprint density at radius 1 is 1.10 bits per heavy atom. The summed E-state index contributed by atoms with van der Waals surface area (Å²) in [5.74, 6) is -1.29. The maximum atomic E-state index is 11.9. The Morgan fingerprint density at radius 3 is 2.59 bits per heavy atom. The van der Waals surface area contributed by atoms with Crippen LogP contribution in [0.2, 0.25) is 5.02 Å². The Morgan fingerprint density at radius 2 is 1.86 bits per heavy atom. The second-order valence-electron chi connectivity index (χ2n) is 6.29. The van der Waals surface area contributed by atoms with Gasteiger partial charge in [0.1, 0.15) is 0 Å². The first kappa shape index (κ1) is 22.2. The molecule has 0 aliphatic rings. The smallest absolute Gasteiger partial charge is 0.308 e. The van der Waals surface area contributed by atoms with Crippen molar-refractivity contribution in [3.8, 4) is 0 Å². The van der Waals surface area contributed by atoms with E-state index in [1.807, 2.05) is 43.3 Å².